The van der Waals surface area contributed by atoms with Crippen LogP contribution in [0.2, 0.25) is 10.0 Å². The number of aromatic nitrogens is 1. The average Bonchev–Trinajstić information content (AvgIpc) is 3.12. The zero-order chi connectivity index (χ0) is 20.8. The van der Waals surface area contributed by atoms with Crippen molar-refractivity contribution in [1.29, 1.82) is 0 Å². The van der Waals surface area contributed by atoms with Gasteiger partial charge in [0.15, 0.2) is 5.13 Å². The lowest BCUT2D eigenvalue weighted by atomic mass is 10.1. The van der Waals surface area contributed by atoms with E-state index >= 15 is 0 Å². The summed E-state index contributed by atoms with van der Waals surface area (Å²) in [4.78, 5) is 29.5. The van der Waals surface area contributed by atoms with Crippen LogP contribution in [-0.4, -0.2) is 23.3 Å². The van der Waals surface area contributed by atoms with Crippen molar-refractivity contribution >= 4 is 51.5 Å². The Morgan fingerprint density at radius 3 is 2.69 bits per heavy atom. The highest BCUT2D eigenvalue weighted by Crippen LogP contribution is 2.29. The molecule has 3 aromatic rings. The van der Waals surface area contributed by atoms with Gasteiger partial charge >= 0.3 is 0 Å². The van der Waals surface area contributed by atoms with Gasteiger partial charge in [0.25, 0.3) is 5.91 Å². The molecule has 2 aromatic carbocycles. The van der Waals surface area contributed by atoms with Crippen molar-refractivity contribution in [1.82, 2.24) is 10.3 Å². The highest BCUT2D eigenvalue weighted by atomic mass is 35.5. The minimum Gasteiger partial charge on any atom is -0.352 e. The molecule has 0 fully saturated rings. The molecule has 0 aliphatic heterocycles. The predicted molar refractivity (Wildman–Crippen MR) is 118 cm³/mol. The third kappa shape index (κ3) is 5.79. The smallest absolute Gasteiger partial charge is 0.251 e. The maximum absolute atomic E-state index is 12.2. The van der Waals surface area contributed by atoms with Crippen LogP contribution in [0.4, 0.5) is 5.13 Å². The fourth-order valence-electron chi connectivity index (χ4n) is 2.71. The van der Waals surface area contributed by atoms with E-state index in [0.29, 0.717) is 27.2 Å². The van der Waals surface area contributed by atoms with E-state index in [1.54, 1.807) is 18.3 Å². The average molecular weight is 448 g/mol. The molecule has 8 heteroatoms. The minimum atomic E-state index is -0.211. The number of hydrogen-bond donors (Lipinski definition) is 2. The van der Waals surface area contributed by atoms with Crippen LogP contribution in [0.1, 0.15) is 32.8 Å². The van der Waals surface area contributed by atoms with Crippen molar-refractivity contribution < 1.29 is 9.59 Å². The second kappa shape index (κ2) is 9.87. The van der Waals surface area contributed by atoms with Crippen LogP contribution < -0.4 is 10.6 Å². The maximum Gasteiger partial charge on any atom is 0.251 e. The number of rotatable bonds is 7. The molecule has 2 amide bonds. The molecular weight excluding hydrogens is 429 g/mol. The van der Waals surface area contributed by atoms with Gasteiger partial charge < -0.3 is 10.6 Å². The lowest BCUT2D eigenvalue weighted by molar-refractivity contribution is -0.116. The van der Waals surface area contributed by atoms with Crippen molar-refractivity contribution in [2.75, 3.05) is 11.9 Å². The standard InChI is InChI=1S/C21H19Cl2N3O2S/c1-13-5-2-3-7-16(13)20(28)24-10-9-18(27)26-21-25-12-15(29-21)11-14-6-4-8-17(22)19(14)23/h2-8,12H,9-11H2,1H3,(H,24,28)(H,25,26,27). The van der Waals surface area contributed by atoms with E-state index in [4.69, 9.17) is 23.2 Å². The number of amides is 2. The Kier molecular flexibility index (Phi) is 7.25. The molecule has 0 atom stereocenters. The van der Waals surface area contributed by atoms with Gasteiger partial charge in [-0.05, 0) is 30.2 Å². The molecule has 1 heterocycles. The summed E-state index contributed by atoms with van der Waals surface area (Å²) in [7, 11) is 0. The molecule has 2 N–H and O–H groups in total. The number of hydrogen-bond acceptors (Lipinski definition) is 4. The molecule has 0 aliphatic carbocycles. The van der Waals surface area contributed by atoms with Gasteiger partial charge in [0, 0.05) is 36.0 Å². The number of carbonyl (C=O) groups excluding carboxylic acids is 2. The van der Waals surface area contributed by atoms with E-state index in [2.05, 4.69) is 15.6 Å². The molecule has 0 unspecified atom stereocenters. The number of thiazole rings is 1. The van der Waals surface area contributed by atoms with Crippen LogP contribution in [0.3, 0.4) is 0 Å². The zero-order valence-electron chi connectivity index (χ0n) is 15.7. The maximum atomic E-state index is 12.2. The second-order valence-electron chi connectivity index (χ2n) is 6.39. The van der Waals surface area contributed by atoms with Gasteiger partial charge in [0.2, 0.25) is 5.91 Å². The fourth-order valence-corrected chi connectivity index (χ4v) is 3.95. The molecule has 0 aliphatic rings. The molecule has 1 aromatic heterocycles. The van der Waals surface area contributed by atoms with Gasteiger partial charge in [0.1, 0.15) is 0 Å². The van der Waals surface area contributed by atoms with Crippen LogP contribution in [0.5, 0.6) is 0 Å². The molecule has 0 spiro atoms. The number of anilines is 1. The monoisotopic (exact) mass is 447 g/mol. The van der Waals surface area contributed by atoms with E-state index in [-0.39, 0.29) is 24.8 Å². The highest BCUT2D eigenvalue weighted by molar-refractivity contribution is 7.15. The van der Waals surface area contributed by atoms with Gasteiger partial charge in [-0.3, -0.25) is 9.59 Å². The quantitative estimate of drug-likeness (QED) is 0.528. The normalized spacial score (nSPS) is 10.6. The number of nitrogens with one attached hydrogen (secondary N) is 2. The van der Waals surface area contributed by atoms with Gasteiger partial charge in [-0.15, -0.1) is 11.3 Å². The molecule has 0 radical (unpaired) electrons. The van der Waals surface area contributed by atoms with Crippen molar-refractivity contribution in [3.8, 4) is 0 Å². The van der Waals surface area contributed by atoms with Gasteiger partial charge in [-0.25, -0.2) is 4.98 Å². The van der Waals surface area contributed by atoms with Crippen LogP contribution in [-0.2, 0) is 11.2 Å². The highest BCUT2D eigenvalue weighted by Gasteiger charge is 2.11. The van der Waals surface area contributed by atoms with Crippen molar-refractivity contribution in [2.24, 2.45) is 0 Å². The van der Waals surface area contributed by atoms with E-state index < -0.39 is 0 Å². The number of benzene rings is 2. The lowest BCUT2D eigenvalue weighted by Gasteiger charge is -2.07. The van der Waals surface area contributed by atoms with E-state index in [0.717, 1.165) is 16.0 Å². The topological polar surface area (TPSA) is 71.1 Å². The summed E-state index contributed by atoms with van der Waals surface area (Å²) in [5.41, 5.74) is 2.40. The molecule has 5 nitrogen and oxygen atoms in total. The SMILES string of the molecule is Cc1ccccc1C(=O)NCCC(=O)Nc1ncc(Cc2cccc(Cl)c2Cl)s1. The first kappa shape index (κ1) is 21.3. The first-order valence-electron chi connectivity index (χ1n) is 8.95. The van der Waals surface area contributed by atoms with E-state index in [1.807, 2.05) is 37.3 Å². The van der Waals surface area contributed by atoms with E-state index in [1.165, 1.54) is 11.3 Å². The Morgan fingerprint density at radius 1 is 1.10 bits per heavy atom. The number of carbonyl (C=O) groups is 2. The molecule has 150 valence electrons. The third-order valence-corrected chi connectivity index (χ3v) is 5.99. The van der Waals surface area contributed by atoms with Crippen LogP contribution in [0.15, 0.2) is 48.7 Å². The van der Waals surface area contributed by atoms with Crippen molar-refractivity contribution in [2.45, 2.75) is 19.8 Å². The van der Waals surface area contributed by atoms with Gasteiger partial charge in [-0.1, -0.05) is 53.5 Å². The fraction of sp³-hybridized carbons (Fsp3) is 0.190. The van der Waals surface area contributed by atoms with Gasteiger partial charge in [-0.2, -0.15) is 0 Å². The Morgan fingerprint density at radius 2 is 1.90 bits per heavy atom. The first-order chi connectivity index (χ1) is 13.9. The first-order valence-corrected chi connectivity index (χ1v) is 10.5. The molecule has 0 bridgehead atoms. The van der Waals surface area contributed by atoms with Crippen molar-refractivity contribution in [3.63, 3.8) is 0 Å². The summed E-state index contributed by atoms with van der Waals surface area (Å²) in [5, 5.41) is 7.06. The molecule has 29 heavy (non-hydrogen) atoms. The number of halogens is 2. The van der Waals surface area contributed by atoms with Crippen LogP contribution in [0.25, 0.3) is 0 Å². The summed E-state index contributed by atoms with van der Waals surface area (Å²) >= 11 is 13.6. The summed E-state index contributed by atoms with van der Waals surface area (Å²) < 4.78 is 0. The Balaban J connectivity index is 1.48. The third-order valence-electron chi connectivity index (χ3n) is 4.22. The summed E-state index contributed by atoms with van der Waals surface area (Å²) in [5.74, 6) is -0.400. The zero-order valence-corrected chi connectivity index (χ0v) is 18.0. The largest absolute Gasteiger partial charge is 0.352 e. The number of aryl methyl sites for hydroxylation is 1. The Bertz CT molecular complexity index is 1040. The van der Waals surface area contributed by atoms with Crippen LogP contribution in [0, 0.1) is 6.92 Å². The molecule has 3 rings (SSSR count). The lowest BCUT2D eigenvalue weighted by Crippen LogP contribution is -2.28. The molecular formula is C21H19Cl2N3O2S. The Labute approximate surface area is 183 Å². The number of nitrogens with zero attached hydrogens (tertiary/aromatic N) is 1. The molecule has 0 saturated carbocycles. The summed E-state index contributed by atoms with van der Waals surface area (Å²) in [6.45, 7) is 2.12. The van der Waals surface area contributed by atoms with Crippen molar-refractivity contribution in [3.05, 3.63) is 80.3 Å². The Hall–Kier alpha value is -2.41. The second-order valence-corrected chi connectivity index (χ2v) is 8.29. The van der Waals surface area contributed by atoms with Gasteiger partial charge in [0.05, 0.1) is 10.0 Å². The predicted octanol–water partition coefficient (Wildman–Crippen LogP) is 5.11. The minimum absolute atomic E-state index is 0.159. The molecule has 0 saturated heterocycles. The summed E-state index contributed by atoms with van der Waals surface area (Å²) in [6, 6.07) is 12.8. The van der Waals surface area contributed by atoms with Crippen LogP contribution >= 0.6 is 34.5 Å². The van der Waals surface area contributed by atoms with E-state index in [9.17, 15) is 9.59 Å². The summed E-state index contributed by atoms with van der Waals surface area (Å²) in [6.07, 6.45) is 2.45.